The van der Waals surface area contributed by atoms with E-state index in [4.69, 9.17) is 9.47 Å². The van der Waals surface area contributed by atoms with E-state index in [-0.39, 0.29) is 24.1 Å². The van der Waals surface area contributed by atoms with Crippen molar-refractivity contribution in [2.24, 2.45) is 0 Å². The van der Waals surface area contributed by atoms with Crippen LogP contribution in [-0.2, 0) is 4.79 Å². The molecule has 2 fully saturated rings. The number of likely N-dealkylation sites (tertiary alicyclic amines) is 1. The SMILES string of the molecule is COc1cc2ncnc(N[C@H](C)c3ccccc3)c2cc1O[C@H]1CC[C@H](N2CCC[C@H]2C(=O)N(C)C)CC1. The molecule has 0 unspecified atom stereocenters. The summed E-state index contributed by atoms with van der Waals surface area (Å²) in [5.74, 6) is 2.40. The Kier molecular flexibility index (Phi) is 7.98. The summed E-state index contributed by atoms with van der Waals surface area (Å²) in [4.78, 5) is 25.9. The van der Waals surface area contributed by atoms with Gasteiger partial charge in [-0.05, 0) is 63.6 Å². The van der Waals surface area contributed by atoms with Crippen molar-refractivity contribution < 1.29 is 14.3 Å². The minimum absolute atomic E-state index is 0.0252. The Morgan fingerprint density at radius 2 is 1.82 bits per heavy atom. The number of methoxy groups -OCH3 is 1. The molecule has 2 atom stereocenters. The van der Waals surface area contributed by atoms with Crippen LogP contribution in [0.15, 0.2) is 48.8 Å². The minimum Gasteiger partial charge on any atom is -0.493 e. The van der Waals surface area contributed by atoms with E-state index in [1.807, 2.05) is 44.4 Å². The fourth-order valence-electron chi connectivity index (χ4n) is 5.92. The summed E-state index contributed by atoms with van der Waals surface area (Å²) in [5.41, 5.74) is 2.00. The van der Waals surface area contributed by atoms with Crippen LogP contribution >= 0.6 is 0 Å². The third kappa shape index (κ3) is 5.55. The van der Waals surface area contributed by atoms with Gasteiger partial charge in [0.1, 0.15) is 12.1 Å². The first-order valence-corrected chi connectivity index (χ1v) is 13.7. The Balaban J connectivity index is 1.29. The molecule has 0 bridgehead atoms. The average molecular weight is 518 g/mol. The van der Waals surface area contributed by atoms with Crippen molar-refractivity contribution in [3.63, 3.8) is 0 Å². The maximum absolute atomic E-state index is 12.7. The largest absolute Gasteiger partial charge is 0.493 e. The number of nitrogens with one attached hydrogen (secondary N) is 1. The maximum Gasteiger partial charge on any atom is 0.239 e. The van der Waals surface area contributed by atoms with Crippen LogP contribution in [0.3, 0.4) is 0 Å². The average Bonchev–Trinajstić information content (AvgIpc) is 3.43. The van der Waals surface area contributed by atoms with Gasteiger partial charge in [-0.15, -0.1) is 0 Å². The number of likely N-dealkylation sites (N-methyl/N-ethyl adjacent to an activating group) is 1. The van der Waals surface area contributed by atoms with Gasteiger partial charge in [0.05, 0.1) is 24.8 Å². The van der Waals surface area contributed by atoms with E-state index >= 15 is 0 Å². The first-order chi connectivity index (χ1) is 18.4. The number of anilines is 1. The van der Waals surface area contributed by atoms with Gasteiger partial charge in [0.25, 0.3) is 0 Å². The summed E-state index contributed by atoms with van der Waals surface area (Å²) in [5, 5.41) is 4.45. The van der Waals surface area contributed by atoms with Crippen LogP contribution in [-0.4, -0.2) is 71.6 Å². The molecule has 5 rings (SSSR count). The second kappa shape index (κ2) is 11.6. The standard InChI is InChI=1S/C30H39N5O3/c1-20(21-9-6-5-7-10-21)33-29-24-17-28(27(37-4)18-25(24)31-19-32-29)38-23-14-12-22(13-15-23)35-16-8-11-26(35)30(36)34(2)3/h5-7,9-10,17-20,22-23,26H,8,11-16H2,1-4H3,(H,31,32,33)/t20-,22-,23-,26+/m1/s1. The van der Waals surface area contributed by atoms with Crippen LogP contribution in [0, 0.1) is 0 Å². The molecule has 1 N–H and O–H groups in total. The number of hydrogen-bond acceptors (Lipinski definition) is 7. The van der Waals surface area contributed by atoms with Crippen LogP contribution in [0.1, 0.15) is 57.1 Å². The molecule has 2 aliphatic rings. The summed E-state index contributed by atoms with van der Waals surface area (Å²) in [7, 11) is 5.38. The summed E-state index contributed by atoms with van der Waals surface area (Å²) in [6, 6.07) is 14.8. The van der Waals surface area contributed by atoms with Crippen molar-refractivity contribution in [1.82, 2.24) is 19.8 Å². The number of aromatic nitrogens is 2. The highest BCUT2D eigenvalue weighted by molar-refractivity contribution is 5.91. The zero-order valence-corrected chi connectivity index (χ0v) is 22.9. The zero-order valence-electron chi connectivity index (χ0n) is 22.9. The quantitative estimate of drug-likeness (QED) is 0.448. The third-order valence-corrected chi connectivity index (χ3v) is 8.00. The highest BCUT2D eigenvalue weighted by Crippen LogP contribution is 2.38. The van der Waals surface area contributed by atoms with Crippen molar-refractivity contribution >= 4 is 22.6 Å². The number of nitrogens with zero attached hydrogens (tertiary/aromatic N) is 4. The van der Waals surface area contributed by atoms with Crippen LogP contribution in [0.2, 0.25) is 0 Å². The van der Waals surface area contributed by atoms with E-state index < -0.39 is 0 Å². The van der Waals surface area contributed by atoms with E-state index in [0.717, 1.165) is 67.5 Å². The number of amides is 1. The monoisotopic (exact) mass is 517 g/mol. The number of rotatable bonds is 8. The van der Waals surface area contributed by atoms with Crippen molar-refractivity contribution in [3.05, 3.63) is 54.4 Å². The number of carbonyl (C=O) groups excluding carboxylic acids is 1. The minimum atomic E-state index is 0.0252. The number of benzene rings is 2. The molecule has 1 saturated carbocycles. The smallest absolute Gasteiger partial charge is 0.239 e. The number of hydrogen-bond donors (Lipinski definition) is 1. The van der Waals surface area contributed by atoms with E-state index in [9.17, 15) is 4.79 Å². The molecule has 0 radical (unpaired) electrons. The second-order valence-corrected chi connectivity index (χ2v) is 10.7. The summed E-state index contributed by atoms with van der Waals surface area (Å²) in [6.45, 7) is 3.13. The number of fused-ring (bicyclic) bond motifs is 1. The van der Waals surface area contributed by atoms with Crippen molar-refractivity contribution in [3.8, 4) is 11.5 Å². The second-order valence-electron chi connectivity index (χ2n) is 10.7. The van der Waals surface area contributed by atoms with Gasteiger partial charge in [-0.2, -0.15) is 0 Å². The van der Waals surface area contributed by atoms with E-state index in [1.54, 1.807) is 18.3 Å². The molecule has 8 heteroatoms. The van der Waals surface area contributed by atoms with Crippen LogP contribution in [0.5, 0.6) is 11.5 Å². The Morgan fingerprint density at radius 1 is 1.05 bits per heavy atom. The molecule has 1 amide bonds. The Hall–Kier alpha value is -3.39. The van der Waals surface area contributed by atoms with Crippen molar-refractivity contribution in [1.29, 1.82) is 0 Å². The fraction of sp³-hybridized carbons (Fsp3) is 0.500. The number of ether oxygens (including phenoxy) is 2. The number of carbonyl (C=O) groups is 1. The normalized spacial score (nSPS) is 22.7. The molecule has 1 aliphatic heterocycles. The van der Waals surface area contributed by atoms with Gasteiger partial charge in [0, 0.05) is 37.6 Å². The zero-order chi connectivity index (χ0) is 26.6. The van der Waals surface area contributed by atoms with E-state index in [1.165, 1.54) is 5.56 Å². The molecule has 0 spiro atoms. The lowest BCUT2D eigenvalue weighted by atomic mass is 9.91. The Morgan fingerprint density at radius 3 is 2.53 bits per heavy atom. The molecule has 2 heterocycles. The molecule has 8 nitrogen and oxygen atoms in total. The van der Waals surface area contributed by atoms with Gasteiger partial charge in [0.2, 0.25) is 5.91 Å². The van der Waals surface area contributed by atoms with Crippen LogP contribution < -0.4 is 14.8 Å². The molecule has 1 aromatic heterocycles. The van der Waals surface area contributed by atoms with Gasteiger partial charge >= 0.3 is 0 Å². The topological polar surface area (TPSA) is 79.8 Å². The predicted molar refractivity (Wildman–Crippen MR) is 150 cm³/mol. The molecule has 2 aromatic carbocycles. The van der Waals surface area contributed by atoms with Crippen molar-refractivity contribution in [2.45, 2.75) is 69.7 Å². The van der Waals surface area contributed by atoms with E-state index in [0.29, 0.717) is 11.8 Å². The van der Waals surface area contributed by atoms with Crippen molar-refractivity contribution in [2.75, 3.05) is 33.1 Å². The molecule has 38 heavy (non-hydrogen) atoms. The first-order valence-electron chi connectivity index (χ1n) is 13.7. The predicted octanol–water partition coefficient (Wildman–Crippen LogP) is 5.05. The Bertz CT molecular complexity index is 1240. The first kappa shape index (κ1) is 26.2. The van der Waals surface area contributed by atoms with Gasteiger partial charge in [-0.1, -0.05) is 30.3 Å². The molecule has 3 aromatic rings. The van der Waals surface area contributed by atoms with Gasteiger partial charge < -0.3 is 19.7 Å². The summed E-state index contributed by atoms with van der Waals surface area (Å²) in [6.07, 6.45) is 7.70. The molecular weight excluding hydrogens is 478 g/mol. The molecule has 202 valence electrons. The highest BCUT2D eigenvalue weighted by Gasteiger charge is 2.38. The molecular formula is C30H39N5O3. The molecule has 1 saturated heterocycles. The van der Waals surface area contributed by atoms with Gasteiger partial charge in [0.15, 0.2) is 11.5 Å². The Labute approximate surface area is 225 Å². The molecule has 1 aliphatic carbocycles. The van der Waals surface area contributed by atoms with Gasteiger partial charge in [-0.25, -0.2) is 9.97 Å². The van der Waals surface area contributed by atoms with E-state index in [2.05, 4.69) is 39.2 Å². The lowest BCUT2D eigenvalue weighted by Gasteiger charge is -2.38. The third-order valence-electron chi connectivity index (χ3n) is 8.00. The summed E-state index contributed by atoms with van der Waals surface area (Å²) < 4.78 is 12.2. The lowest BCUT2D eigenvalue weighted by Crippen LogP contribution is -2.49. The lowest BCUT2D eigenvalue weighted by molar-refractivity contribution is -0.134. The van der Waals surface area contributed by atoms with Crippen LogP contribution in [0.25, 0.3) is 10.9 Å². The maximum atomic E-state index is 12.7. The summed E-state index contributed by atoms with van der Waals surface area (Å²) >= 11 is 0. The van der Waals surface area contributed by atoms with Gasteiger partial charge in [-0.3, -0.25) is 9.69 Å². The highest BCUT2D eigenvalue weighted by atomic mass is 16.5. The fourth-order valence-corrected chi connectivity index (χ4v) is 5.92. The van der Waals surface area contributed by atoms with Crippen LogP contribution in [0.4, 0.5) is 5.82 Å².